The van der Waals surface area contributed by atoms with Crippen molar-refractivity contribution in [3.8, 4) is 17.2 Å². The Morgan fingerprint density at radius 1 is 1.32 bits per heavy atom. The molecule has 2 N–H and O–H groups in total. The monoisotopic (exact) mass is 454 g/mol. The molecule has 132 valence electrons. The van der Waals surface area contributed by atoms with E-state index in [1.165, 1.54) is 13.3 Å². The third kappa shape index (κ3) is 5.09. The molecule has 0 aliphatic carbocycles. The van der Waals surface area contributed by atoms with Crippen LogP contribution in [-0.2, 0) is 4.79 Å². The lowest BCUT2D eigenvalue weighted by molar-refractivity contribution is -0.123. The number of aryl methyl sites for hydroxylation is 2. The number of carbonyl (C=O) groups is 1. The zero-order chi connectivity index (χ0) is 18.4. The molecule has 2 aromatic carbocycles. The Balaban J connectivity index is 1.94. The van der Waals surface area contributed by atoms with E-state index >= 15 is 0 Å². The second-order valence-electron chi connectivity index (χ2n) is 5.36. The molecule has 2 rings (SSSR count). The summed E-state index contributed by atoms with van der Waals surface area (Å²) in [5.41, 5.74) is 5.05. The van der Waals surface area contributed by atoms with Crippen molar-refractivity contribution in [2.24, 2.45) is 5.10 Å². The minimum Gasteiger partial charge on any atom is -0.504 e. The molecule has 0 spiro atoms. The highest BCUT2D eigenvalue weighted by Gasteiger charge is 2.08. The molecule has 6 nitrogen and oxygen atoms in total. The van der Waals surface area contributed by atoms with Crippen molar-refractivity contribution in [1.82, 2.24) is 5.43 Å². The van der Waals surface area contributed by atoms with E-state index in [4.69, 9.17) is 9.47 Å². The number of aromatic hydroxyl groups is 1. The van der Waals surface area contributed by atoms with E-state index in [1.807, 2.05) is 54.6 Å². The van der Waals surface area contributed by atoms with E-state index in [9.17, 15) is 9.90 Å². The number of ether oxygens (including phenoxy) is 2. The van der Waals surface area contributed by atoms with Crippen LogP contribution in [0.25, 0.3) is 0 Å². The SMILES string of the molecule is COc1cc(/C=N\NC(=O)COc2c(C)cccc2C)cc(I)c1O. The van der Waals surface area contributed by atoms with Gasteiger partial charge in [-0.15, -0.1) is 0 Å². The molecular formula is C18H19IN2O4. The third-order valence-electron chi connectivity index (χ3n) is 3.43. The van der Waals surface area contributed by atoms with Gasteiger partial charge in [-0.3, -0.25) is 4.79 Å². The number of phenolic OH excluding ortho intramolecular Hbond substituents is 1. The zero-order valence-electron chi connectivity index (χ0n) is 14.2. The van der Waals surface area contributed by atoms with Gasteiger partial charge in [-0.05, 0) is 65.3 Å². The number of para-hydroxylation sites is 1. The Morgan fingerprint density at radius 2 is 2.00 bits per heavy atom. The summed E-state index contributed by atoms with van der Waals surface area (Å²) in [4.78, 5) is 11.9. The van der Waals surface area contributed by atoms with Gasteiger partial charge in [0.1, 0.15) is 5.75 Å². The van der Waals surface area contributed by atoms with Gasteiger partial charge in [0, 0.05) is 0 Å². The molecule has 0 radical (unpaired) electrons. The molecule has 0 aliphatic rings. The number of hydrogen-bond acceptors (Lipinski definition) is 5. The topological polar surface area (TPSA) is 80.2 Å². The first-order valence-corrected chi connectivity index (χ1v) is 8.57. The number of methoxy groups -OCH3 is 1. The molecule has 0 aromatic heterocycles. The fraction of sp³-hybridized carbons (Fsp3) is 0.222. The van der Waals surface area contributed by atoms with Gasteiger partial charge in [0.15, 0.2) is 18.1 Å². The summed E-state index contributed by atoms with van der Waals surface area (Å²) in [5, 5.41) is 13.7. The van der Waals surface area contributed by atoms with Gasteiger partial charge >= 0.3 is 0 Å². The van der Waals surface area contributed by atoms with Gasteiger partial charge in [-0.2, -0.15) is 5.10 Å². The summed E-state index contributed by atoms with van der Waals surface area (Å²) in [6.45, 7) is 3.73. The van der Waals surface area contributed by atoms with E-state index in [0.29, 0.717) is 20.6 Å². The molecular weight excluding hydrogens is 435 g/mol. The number of phenols is 1. The zero-order valence-corrected chi connectivity index (χ0v) is 16.3. The van der Waals surface area contributed by atoms with Crippen LogP contribution < -0.4 is 14.9 Å². The van der Waals surface area contributed by atoms with Crippen LogP contribution in [-0.4, -0.2) is 30.9 Å². The van der Waals surface area contributed by atoms with Crippen molar-refractivity contribution in [3.05, 3.63) is 50.6 Å². The van der Waals surface area contributed by atoms with Crippen LogP contribution in [0.5, 0.6) is 17.2 Å². The van der Waals surface area contributed by atoms with Crippen molar-refractivity contribution in [2.75, 3.05) is 13.7 Å². The molecule has 2 aromatic rings. The smallest absolute Gasteiger partial charge is 0.277 e. The maximum absolute atomic E-state index is 11.9. The first-order chi connectivity index (χ1) is 11.9. The predicted octanol–water partition coefficient (Wildman–Crippen LogP) is 3.15. The molecule has 0 unspecified atom stereocenters. The average molecular weight is 454 g/mol. The predicted molar refractivity (Wildman–Crippen MR) is 105 cm³/mol. The van der Waals surface area contributed by atoms with Gasteiger partial charge in [0.2, 0.25) is 0 Å². The van der Waals surface area contributed by atoms with Gasteiger partial charge < -0.3 is 14.6 Å². The van der Waals surface area contributed by atoms with Crippen LogP contribution in [0.1, 0.15) is 16.7 Å². The number of amides is 1. The average Bonchev–Trinajstić information content (AvgIpc) is 2.57. The fourth-order valence-electron chi connectivity index (χ4n) is 2.20. The van der Waals surface area contributed by atoms with Crippen LogP contribution in [0, 0.1) is 17.4 Å². The first kappa shape index (κ1) is 19.0. The van der Waals surface area contributed by atoms with E-state index in [-0.39, 0.29) is 18.3 Å². The van der Waals surface area contributed by atoms with Crippen LogP contribution in [0.15, 0.2) is 35.4 Å². The lowest BCUT2D eigenvalue weighted by Crippen LogP contribution is -2.25. The second kappa shape index (κ2) is 8.70. The normalized spacial score (nSPS) is 10.7. The van der Waals surface area contributed by atoms with E-state index in [0.717, 1.165) is 11.1 Å². The number of nitrogens with zero attached hydrogens (tertiary/aromatic N) is 1. The highest BCUT2D eigenvalue weighted by Crippen LogP contribution is 2.31. The molecule has 0 fully saturated rings. The molecule has 0 atom stereocenters. The number of rotatable bonds is 6. The summed E-state index contributed by atoms with van der Waals surface area (Å²) in [6.07, 6.45) is 1.47. The number of hydrazone groups is 1. The van der Waals surface area contributed by atoms with E-state index in [2.05, 4.69) is 10.5 Å². The number of carbonyl (C=O) groups excluding carboxylic acids is 1. The maximum atomic E-state index is 11.9. The van der Waals surface area contributed by atoms with Gasteiger partial charge in [-0.25, -0.2) is 5.43 Å². The highest BCUT2D eigenvalue weighted by atomic mass is 127. The standard InChI is InChI=1S/C18H19IN2O4/c1-11-5-4-6-12(2)18(11)25-10-16(22)21-20-9-13-7-14(19)17(23)15(8-13)24-3/h4-9,23H,10H2,1-3H3,(H,21,22)/b20-9-. The molecule has 0 bridgehead atoms. The minimum atomic E-state index is -0.362. The van der Waals surface area contributed by atoms with Gasteiger partial charge in [-0.1, -0.05) is 18.2 Å². The number of hydrogen-bond donors (Lipinski definition) is 2. The molecule has 0 saturated carbocycles. The van der Waals surface area contributed by atoms with Gasteiger partial charge in [0.25, 0.3) is 5.91 Å². The van der Waals surface area contributed by atoms with Crippen LogP contribution in [0.4, 0.5) is 0 Å². The summed E-state index contributed by atoms with van der Waals surface area (Å²) in [7, 11) is 1.47. The first-order valence-electron chi connectivity index (χ1n) is 7.49. The minimum absolute atomic E-state index is 0.0753. The van der Waals surface area contributed by atoms with Crippen LogP contribution in [0.3, 0.4) is 0 Å². The van der Waals surface area contributed by atoms with Crippen molar-refractivity contribution in [2.45, 2.75) is 13.8 Å². The van der Waals surface area contributed by atoms with Crippen molar-refractivity contribution in [3.63, 3.8) is 0 Å². The Morgan fingerprint density at radius 3 is 2.64 bits per heavy atom. The third-order valence-corrected chi connectivity index (χ3v) is 4.25. The second-order valence-corrected chi connectivity index (χ2v) is 6.52. The van der Waals surface area contributed by atoms with Crippen molar-refractivity contribution in [1.29, 1.82) is 0 Å². The molecule has 0 saturated heterocycles. The van der Waals surface area contributed by atoms with Crippen LogP contribution in [0.2, 0.25) is 0 Å². The van der Waals surface area contributed by atoms with Crippen LogP contribution >= 0.6 is 22.6 Å². The Bertz CT molecular complexity index is 786. The fourth-order valence-corrected chi connectivity index (χ4v) is 2.82. The number of benzene rings is 2. The van der Waals surface area contributed by atoms with Crippen molar-refractivity contribution >= 4 is 34.7 Å². The highest BCUT2D eigenvalue weighted by molar-refractivity contribution is 14.1. The van der Waals surface area contributed by atoms with E-state index in [1.54, 1.807) is 12.1 Å². The van der Waals surface area contributed by atoms with Crippen molar-refractivity contribution < 1.29 is 19.4 Å². The molecule has 0 heterocycles. The van der Waals surface area contributed by atoms with Gasteiger partial charge in [0.05, 0.1) is 16.9 Å². The molecule has 0 aliphatic heterocycles. The largest absolute Gasteiger partial charge is 0.504 e. The summed E-state index contributed by atoms with van der Waals surface area (Å²) < 4.78 is 11.3. The Kier molecular flexibility index (Phi) is 6.63. The Hall–Kier alpha value is -2.29. The molecule has 25 heavy (non-hydrogen) atoms. The summed E-state index contributed by atoms with van der Waals surface area (Å²) in [5.74, 6) is 0.767. The quantitative estimate of drug-likeness (QED) is 0.400. The lowest BCUT2D eigenvalue weighted by Gasteiger charge is -2.10. The Labute approximate surface area is 160 Å². The number of halogens is 1. The summed E-state index contributed by atoms with van der Waals surface area (Å²) in [6, 6.07) is 9.15. The number of nitrogens with one attached hydrogen (secondary N) is 1. The molecule has 7 heteroatoms. The lowest BCUT2D eigenvalue weighted by atomic mass is 10.1. The molecule has 1 amide bonds. The maximum Gasteiger partial charge on any atom is 0.277 e. The summed E-state index contributed by atoms with van der Waals surface area (Å²) >= 11 is 1.99. The van der Waals surface area contributed by atoms with E-state index < -0.39 is 0 Å².